The molecular weight excluding hydrogens is 285 g/mol. The summed E-state index contributed by atoms with van der Waals surface area (Å²) in [5, 5.41) is 4.53. The van der Waals surface area contributed by atoms with Gasteiger partial charge >= 0.3 is 6.18 Å². The Morgan fingerprint density at radius 2 is 2.00 bits per heavy atom. The molecule has 0 aliphatic carbocycles. The highest BCUT2D eigenvalue weighted by molar-refractivity contribution is 5.92. The highest BCUT2D eigenvalue weighted by Gasteiger charge is 2.26. The van der Waals surface area contributed by atoms with Crippen LogP contribution < -0.4 is 15.5 Å². The van der Waals surface area contributed by atoms with Gasteiger partial charge in [0.25, 0.3) is 0 Å². The first kappa shape index (κ1) is 15.6. The maximum Gasteiger partial charge on any atom is 0.401 e. The van der Waals surface area contributed by atoms with Crippen molar-refractivity contribution in [3.63, 3.8) is 0 Å². The number of halogens is 3. The number of rotatable bonds is 5. The predicted molar refractivity (Wildman–Crippen MR) is 73.2 cm³/mol. The number of nitrogens with one attached hydrogen (secondary N) is 2. The zero-order chi connectivity index (χ0) is 15.3. The summed E-state index contributed by atoms with van der Waals surface area (Å²) in [7, 11) is 0. The van der Waals surface area contributed by atoms with Gasteiger partial charge in [-0.1, -0.05) is 0 Å². The molecule has 2 heterocycles. The van der Waals surface area contributed by atoms with Crippen molar-refractivity contribution in [2.24, 2.45) is 0 Å². The van der Waals surface area contributed by atoms with E-state index >= 15 is 0 Å². The molecule has 1 aliphatic heterocycles. The van der Waals surface area contributed by atoms with Crippen LogP contribution in [0.5, 0.6) is 0 Å². The zero-order valence-corrected chi connectivity index (χ0v) is 11.4. The first-order valence-corrected chi connectivity index (χ1v) is 6.72. The molecule has 116 valence electrons. The average Bonchev–Trinajstić information content (AvgIpc) is 2.92. The van der Waals surface area contributed by atoms with E-state index in [0.29, 0.717) is 5.69 Å². The minimum absolute atomic E-state index is 0.395. The third-order valence-corrected chi connectivity index (χ3v) is 3.07. The van der Waals surface area contributed by atoms with Crippen LogP contribution in [0.3, 0.4) is 0 Å². The molecule has 0 spiro atoms. The van der Waals surface area contributed by atoms with E-state index in [1.807, 2.05) is 5.32 Å². The normalized spacial score (nSPS) is 15.3. The van der Waals surface area contributed by atoms with E-state index < -0.39 is 25.2 Å². The minimum atomic E-state index is -4.32. The number of alkyl halides is 3. The van der Waals surface area contributed by atoms with E-state index in [0.717, 1.165) is 31.7 Å². The van der Waals surface area contributed by atoms with Gasteiger partial charge in [-0.05, 0) is 25.0 Å². The summed E-state index contributed by atoms with van der Waals surface area (Å²) in [5.74, 6) is 0.315. The van der Waals surface area contributed by atoms with Crippen LogP contribution in [0.1, 0.15) is 12.8 Å². The summed E-state index contributed by atoms with van der Waals surface area (Å²) in [6, 6.07) is 3.49. The van der Waals surface area contributed by atoms with Crippen molar-refractivity contribution in [1.82, 2.24) is 10.3 Å². The minimum Gasteiger partial charge on any atom is -0.357 e. The van der Waals surface area contributed by atoms with Crippen molar-refractivity contribution in [2.45, 2.75) is 19.0 Å². The van der Waals surface area contributed by atoms with Crippen LogP contribution in [-0.2, 0) is 4.79 Å². The average molecular weight is 302 g/mol. The molecule has 0 radical (unpaired) electrons. The third kappa shape index (κ3) is 5.22. The third-order valence-electron chi connectivity index (χ3n) is 3.07. The van der Waals surface area contributed by atoms with Gasteiger partial charge in [-0.15, -0.1) is 0 Å². The molecule has 21 heavy (non-hydrogen) atoms. The monoisotopic (exact) mass is 302 g/mol. The van der Waals surface area contributed by atoms with Crippen molar-refractivity contribution < 1.29 is 18.0 Å². The van der Waals surface area contributed by atoms with Crippen LogP contribution in [0, 0.1) is 0 Å². The Morgan fingerprint density at radius 1 is 1.29 bits per heavy atom. The van der Waals surface area contributed by atoms with E-state index in [2.05, 4.69) is 15.2 Å². The first-order chi connectivity index (χ1) is 9.94. The molecule has 1 amide bonds. The number of aromatic nitrogens is 1. The van der Waals surface area contributed by atoms with Gasteiger partial charge in [0.15, 0.2) is 0 Å². The number of carbonyl (C=O) groups excluding carboxylic acids is 1. The molecule has 1 aliphatic rings. The lowest BCUT2D eigenvalue weighted by molar-refractivity contribution is -0.126. The van der Waals surface area contributed by atoms with Crippen molar-refractivity contribution in [1.29, 1.82) is 0 Å². The van der Waals surface area contributed by atoms with Crippen LogP contribution >= 0.6 is 0 Å². The molecule has 0 atom stereocenters. The van der Waals surface area contributed by atoms with Crippen LogP contribution in [0.4, 0.5) is 24.7 Å². The molecule has 0 unspecified atom stereocenters. The lowest BCUT2D eigenvalue weighted by Crippen LogP contribution is -2.35. The highest BCUT2D eigenvalue weighted by Crippen LogP contribution is 2.19. The van der Waals surface area contributed by atoms with E-state index in [1.54, 1.807) is 12.1 Å². The SMILES string of the molecule is O=C(CNCC(F)(F)F)Nc1ccc(N2CCCC2)nc1. The largest absolute Gasteiger partial charge is 0.401 e. The Labute approximate surface area is 120 Å². The van der Waals surface area contributed by atoms with Gasteiger partial charge in [-0.25, -0.2) is 4.98 Å². The van der Waals surface area contributed by atoms with Gasteiger partial charge in [0.1, 0.15) is 5.82 Å². The quantitative estimate of drug-likeness (QED) is 0.870. The number of amides is 1. The van der Waals surface area contributed by atoms with Gasteiger partial charge in [0, 0.05) is 13.1 Å². The first-order valence-electron chi connectivity index (χ1n) is 6.72. The number of hydrogen-bond donors (Lipinski definition) is 2. The Balaban J connectivity index is 1.78. The molecular formula is C13H17F3N4O. The van der Waals surface area contributed by atoms with Crippen LogP contribution in [0.15, 0.2) is 18.3 Å². The molecule has 0 bridgehead atoms. The summed E-state index contributed by atoms with van der Waals surface area (Å²) in [6.45, 7) is 0.361. The van der Waals surface area contributed by atoms with Crippen molar-refractivity contribution in [3.8, 4) is 0 Å². The fourth-order valence-corrected chi connectivity index (χ4v) is 2.12. The lowest BCUT2D eigenvalue weighted by atomic mass is 10.3. The standard InChI is InChI=1S/C13H17F3N4O/c14-13(15,16)9-17-8-12(21)19-10-3-4-11(18-7-10)20-5-1-2-6-20/h3-4,7,17H,1-2,5-6,8-9H2,(H,19,21). The molecule has 0 aromatic carbocycles. The maximum atomic E-state index is 11.9. The fourth-order valence-electron chi connectivity index (χ4n) is 2.12. The summed E-state index contributed by atoms with van der Waals surface area (Å²) in [4.78, 5) is 17.9. The molecule has 8 heteroatoms. The molecule has 0 saturated carbocycles. The summed E-state index contributed by atoms with van der Waals surface area (Å²) < 4.78 is 35.7. The van der Waals surface area contributed by atoms with E-state index in [4.69, 9.17) is 0 Å². The Morgan fingerprint density at radius 3 is 2.57 bits per heavy atom. The van der Waals surface area contributed by atoms with Crippen molar-refractivity contribution in [3.05, 3.63) is 18.3 Å². The van der Waals surface area contributed by atoms with Crippen molar-refractivity contribution in [2.75, 3.05) is 36.4 Å². The molecule has 2 N–H and O–H groups in total. The van der Waals surface area contributed by atoms with Crippen LogP contribution in [0.2, 0.25) is 0 Å². The van der Waals surface area contributed by atoms with E-state index in [-0.39, 0.29) is 0 Å². The molecule has 1 aromatic heterocycles. The van der Waals surface area contributed by atoms with E-state index in [9.17, 15) is 18.0 Å². The highest BCUT2D eigenvalue weighted by atomic mass is 19.4. The molecule has 1 fully saturated rings. The van der Waals surface area contributed by atoms with E-state index in [1.165, 1.54) is 6.20 Å². The van der Waals surface area contributed by atoms with Gasteiger partial charge in [0.2, 0.25) is 5.91 Å². The van der Waals surface area contributed by atoms with Crippen molar-refractivity contribution >= 4 is 17.4 Å². The zero-order valence-electron chi connectivity index (χ0n) is 11.4. The Hall–Kier alpha value is -1.83. The molecule has 1 aromatic rings. The second-order valence-corrected chi connectivity index (χ2v) is 4.87. The summed E-state index contributed by atoms with van der Waals surface area (Å²) in [5.41, 5.74) is 0.469. The number of anilines is 2. The number of pyridine rings is 1. The predicted octanol–water partition coefficient (Wildman–Crippen LogP) is 1.77. The van der Waals surface area contributed by atoms with Gasteiger partial charge in [-0.2, -0.15) is 13.2 Å². The number of nitrogens with zero attached hydrogens (tertiary/aromatic N) is 2. The lowest BCUT2D eigenvalue weighted by Gasteiger charge is -2.16. The topological polar surface area (TPSA) is 57.3 Å². The maximum absolute atomic E-state index is 11.9. The second kappa shape index (κ2) is 6.75. The number of carbonyl (C=O) groups is 1. The second-order valence-electron chi connectivity index (χ2n) is 4.87. The molecule has 2 rings (SSSR count). The fraction of sp³-hybridized carbons (Fsp3) is 0.538. The Kier molecular flexibility index (Phi) is 5.00. The smallest absolute Gasteiger partial charge is 0.357 e. The van der Waals surface area contributed by atoms with Gasteiger partial charge in [-0.3, -0.25) is 4.79 Å². The molecule has 5 nitrogen and oxygen atoms in total. The summed E-state index contributed by atoms with van der Waals surface area (Å²) in [6.07, 6.45) is -0.523. The molecule has 1 saturated heterocycles. The van der Waals surface area contributed by atoms with Crippen LogP contribution in [0.25, 0.3) is 0 Å². The summed E-state index contributed by atoms with van der Waals surface area (Å²) >= 11 is 0. The van der Waals surface area contributed by atoms with Crippen LogP contribution in [-0.4, -0.2) is 43.2 Å². The Bertz CT molecular complexity index is 469. The van der Waals surface area contributed by atoms with Gasteiger partial charge < -0.3 is 15.5 Å². The van der Waals surface area contributed by atoms with Gasteiger partial charge in [0.05, 0.1) is 25.0 Å². The number of hydrogen-bond acceptors (Lipinski definition) is 4.